The van der Waals surface area contributed by atoms with Crippen LogP contribution in [0.15, 0.2) is 66.4 Å². The first-order chi connectivity index (χ1) is 13.7. The number of likely N-dealkylation sites (N-methyl/N-ethyl adjacent to an activating group) is 1. The maximum absolute atomic E-state index is 5.46. The fraction of sp³-hybridized carbons (Fsp3) is 0.346. The number of fused-ring (bicyclic) bond motifs is 2. The lowest BCUT2D eigenvalue weighted by Crippen LogP contribution is -2.26. The van der Waals surface area contributed by atoms with E-state index in [4.69, 9.17) is 4.74 Å². The minimum absolute atomic E-state index is 0.00618. The third-order valence-corrected chi connectivity index (χ3v) is 6.69. The molecule has 0 fully saturated rings. The molecule has 0 bridgehead atoms. The molecule has 2 aromatic carbocycles. The zero-order valence-electron chi connectivity index (χ0n) is 18.6. The molecular formula is C26H31N2O+. The van der Waals surface area contributed by atoms with Crippen LogP contribution in [0.25, 0.3) is 0 Å². The van der Waals surface area contributed by atoms with Gasteiger partial charge in [-0.3, -0.25) is 0 Å². The van der Waals surface area contributed by atoms with E-state index in [-0.39, 0.29) is 10.8 Å². The molecule has 150 valence electrons. The standard InChI is InChI=1S/C26H31N2O/c1-25(2)19-11-8-9-12-21(19)27(5)23(25)13-10-14-24-26(3,4)20-17-18(29-7)15-16-22(20)28(24)6/h8-17H,1-7H3/q+1. The minimum Gasteiger partial charge on any atom is -0.497 e. The smallest absolute Gasteiger partial charge is 0.209 e. The summed E-state index contributed by atoms with van der Waals surface area (Å²) in [6.45, 7) is 9.16. The van der Waals surface area contributed by atoms with E-state index in [2.05, 4.69) is 106 Å². The molecule has 0 aromatic heterocycles. The highest BCUT2D eigenvalue weighted by molar-refractivity contribution is 6.03. The van der Waals surface area contributed by atoms with E-state index < -0.39 is 0 Å². The molecule has 4 rings (SSSR count). The van der Waals surface area contributed by atoms with Crippen molar-refractivity contribution in [2.24, 2.45) is 0 Å². The van der Waals surface area contributed by atoms with Gasteiger partial charge in [0.2, 0.25) is 5.69 Å². The Labute approximate surface area is 174 Å². The van der Waals surface area contributed by atoms with Crippen LogP contribution in [0.1, 0.15) is 38.8 Å². The molecule has 2 heterocycles. The van der Waals surface area contributed by atoms with Gasteiger partial charge in [-0.2, -0.15) is 4.58 Å². The normalized spacial score (nSPS) is 20.5. The van der Waals surface area contributed by atoms with Crippen molar-refractivity contribution >= 4 is 17.1 Å². The van der Waals surface area contributed by atoms with Gasteiger partial charge in [0.1, 0.15) is 12.8 Å². The van der Waals surface area contributed by atoms with Crippen LogP contribution in [0.2, 0.25) is 0 Å². The van der Waals surface area contributed by atoms with Crippen molar-refractivity contribution in [2.75, 3.05) is 26.1 Å². The van der Waals surface area contributed by atoms with Gasteiger partial charge in [-0.15, -0.1) is 0 Å². The summed E-state index contributed by atoms with van der Waals surface area (Å²) in [4.78, 5) is 2.29. The zero-order chi connectivity index (χ0) is 21.0. The summed E-state index contributed by atoms with van der Waals surface area (Å²) in [5.41, 5.74) is 7.74. The van der Waals surface area contributed by atoms with Crippen LogP contribution in [0.5, 0.6) is 5.75 Å². The van der Waals surface area contributed by atoms with Gasteiger partial charge in [-0.25, -0.2) is 0 Å². The van der Waals surface area contributed by atoms with E-state index in [9.17, 15) is 0 Å². The Balaban J connectivity index is 1.70. The molecule has 0 radical (unpaired) electrons. The van der Waals surface area contributed by atoms with Gasteiger partial charge in [0, 0.05) is 41.6 Å². The Morgan fingerprint density at radius 3 is 2.38 bits per heavy atom. The van der Waals surface area contributed by atoms with Crippen LogP contribution in [-0.4, -0.2) is 31.5 Å². The predicted molar refractivity (Wildman–Crippen MR) is 122 cm³/mol. The second kappa shape index (κ2) is 6.62. The topological polar surface area (TPSA) is 15.5 Å². The predicted octanol–water partition coefficient (Wildman–Crippen LogP) is 5.57. The van der Waals surface area contributed by atoms with Crippen LogP contribution in [0, 0.1) is 0 Å². The number of hydrogen-bond acceptors (Lipinski definition) is 2. The molecular weight excluding hydrogens is 356 g/mol. The SMILES string of the molecule is COc1ccc2c(c1)C(C)(C)/C(=C\C=C\C1=[N+](C)c3ccccc3C1(C)C)N2C. The van der Waals surface area contributed by atoms with Crippen LogP contribution in [0.3, 0.4) is 0 Å². The number of rotatable bonds is 3. The highest BCUT2D eigenvalue weighted by Crippen LogP contribution is 2.48. The third kappa shape index (κ3) is 2.83. The van der Waals surface area contributed by atoms with Crippen molar-refractivity contribution in [1.29, 1.82) is 0 Å². The molecule has 3 heteroatoms. The summed E-state index contributed by atoms with van der Waals surface area (Å²) >= 11 is 0. The zero-order valence-corrected chi connectivity index (χ0v) is 18.6. The highest BCUT2D eigenvalue weighted by Gasteiger charge is 2.42. The first kappa shape index (κ1) is 19.5. The maximum atomic E-state index is 5.46. The molecule has 0 saturated heterocycles. The van der Waals surface area contributed by atoms with Gasteiger partial charge >= 0.3 is 0 Å². The largest absolute Gasteiger partial charge is 0.497 e. The Kier molecular flexibility index (Phi) is 4.45. The average Bonchev–Trinajstić information content (AvgIpc) is 3.02. The summed E-state index contributed by atoms with van der Waals surface area (Å²) in [5.74, 6) is 0.907. The van der Waals surface area contributed by atoms with Crippen LogP contribution < -0.4 is 9.64 Å². The Bertz CT molecular complexity index is 1070. The lowest BCUT2D eigenvalue weighted by molar-refractivity contribution is -0.401. The van der Waals surface area contributed by atoms with Gasteiger partial charge in [-0.05, 0) is 43.7 Å². The van der Waals surface area contributed by atoms with Gasteiger partial charge in [0.15, 0.2) is 5.71 Å². The van der Waals surface area contributed by atoms with Gasteiger partial charge in [-0.1, -0.05) is 38.1 Å². The first-order valence-electron chi connectivity index (χ1n) is 10.2. The monoisotopic (exact) mass is 387 g/mol. The number of ether oxygens (including phenoxy) is 1. The Hall–Kier alpha value is -2.81. The molecule has 0 spiro atoms. The van der Waals surface area contributed by atoms with Crippen molar-refractivity contribution in [3.05, 3.63) is 77.5 Å². The maximum Gasteiger partial charge on any atom is 0.209 e. The molecule has 29 heavy (non-hydrogen) atoms. The van der Waals surface area contributed by atoms with Crippen molar-refractivity contribution in [1.82, 2.24) is 0 Å². The minimum atomic E-state index is -0.0757. The molecule has 2 aliphatic rings. The number of para-hydroxylation sites is 1. The van der Waals surface area contributed by atoms with Crippen LogP contribution >= 0.6 is 0 Å². The number of benzene rings is 2. The van der Waals surface area contributed by atoms with Crippen molar-refractivity contribution in [3.8, 4) is 5.75 Å². The van der Waals surface area contributed by atoms with E-state index >= 15 is 0 Å². The average molecular weight is 388 g/mol. The number of anilines is 1. The van der Waals surface area contributed by atoms with Crippen LogP contribution in [0.4, 0.5) is 11.4 Å². The first-order valence-corrected chi connectivity index (χ1v) is 10.2. The van der Waals surface area contributed by atoms with E-state index in [0.717, 1.165) is 5.75 Å². The molecule has 0 unspecified atom stereocenters. The lowest BCUT2D eigenvalue weighted by atomic mass is 9.81. The lowest BCUT2D eigenvalue weighted by Gasteiger charge is -2.23. The fourth-order valence-corrected chi connectivity index (χ4v) is 4.97. The molecule has 0 atom stereocenters. The van der Waals surface area contributed by atoms with E-state index in [1.54, 1.807) is 7.11 Å². The number of hydrogen-bond donors (Lipinski definition) is 0. The number of nitrogens with zero attached hydrogens (tertiary/aromatic N) is 2. The van der Waals surface area contributed by atoms with Gasteiger partial charge < -0.3 is 9.64 Å². The fourth-order valence-electron chi connectivity index (χ4n) is 4.97. The summed E-state index contributed by atoms with van der Waals surface area (Å²) in [7, 11) is 6.03. The number of methoxy groups -OCH3 is 1. The summed E-state index contributed by atoms with van der Waals surface area (Å²) in [5, 5.41) is 0. The molecule has 0 N–H and O–H groups in total. The third-order valence-electron chi connectivity index (χ3n) is 6.69. The molecule has 0 saturated carbocycles. The van der Waals surface area contributed by atoms with E-state index in [1.807, 2.05) is 6.07 Å². The summed E-state index contributed by atoms with van der Waals surface area (Å²) in [6, 6.07) is 15.0. The Morgan fingerprint density at radius 1 is 0.966 bits per heavy atom. The summed E-state index contributed by atoms with van der Waals surface area (Å²) in [6.07, 6.45) is 6.73. The second-order valence-corrected chi connectivity index (χ2v) is 9.06. The van der Waals surface area contributed by atoms with E-state index in [0.29, 0.717) is 0 Å². The quantitative estimate of drug-likeness (QED) is 0.640. The highest BCUT2D eigenvalue weighted by atomic mass is 16.5. The van der Waals surface area contributed by atoms with E-state index in [1.165, 1.54) is 33.9 Å². The van der Waals surface area contributed by atoms with Crippen molar-refractivity contribution in [2.45, 2.75) is 38.5 Å². The van der Waals surface area contributed by atoms with Crippen LogP contribution in [-0.2, 0) is 10.8 Å². The van der Waals surface area contributed by atoms with Crippen molar-refractivity contribution < 1.29 is 9.31 Å². The molecule has 3 nitrogen and oxygen atoms in total. The number of allylic oxidation sites excluding steroid dienone is 4. The molecule has 2 aromatic rings. The van der Waals surface area contributed by atoms with Gasteiger partial charge in [0.05, 0.1) is 12.5 Å². The van der Waals surface area contributed by atoms with Crippen molar-refractivity contribution in [3.63, 3.8) is 0 Å². The summed E-state index contributed by atoms with van der Waals surface area (Å²) < 4.78 is 7.77. The molecule has 0 amide bonds. The van der Waals surface area contributed by atoms with Gasteiger partial charge in [0.25, 0.3) is 0 Å². The second-order valence-electron chi connectivity index (χ2n) is 9.06. The molecule has 0 aliphatic carbocycles. The molecule has 2 aliphatic heterocycles. The Morgan fingerprint density at radius 2 is 1.69 bits per heavy atom.